The van der Waals surface area contributed by atoms with Crippen LogP contribution in [0.1, 0.15) is 29.5 Å². The molecule has 182 valence electrons. The van der Waals surface area contributed by atoms with Crippen molar-refractivity contribution < 1.29 is 4.79 Å². The lowest BCUT2D eigenvalue weighted by atomic mass is 10.1. The first-order chi connectivity index (χ1) is 17.7. The highest BCUT2D eigenvalue weighted by atomic mass is 32.2. The molecular weight excluding hydrogens is 466 g/mol. The van der Waals surface area contributed by atoms with E-state index >= 15 is 0 Å². The number of nitrogens with one attached hydrogen (secondary N) is 1. The lowest BCUT2D eigenvalue weighted by molar-refractivity contribution is -0.121. The van der Waals surface area contributed by atoms with Crippen molar-refractivity contribution >= 4 is 39.7 Å². The van der Waals surface area contributed by atoms with Gasteiger partial charge in [-0.1, -0.05) is 90.1 Å². The Morgan fingerprint density at radius 2 is 1.75 bits per heavy atom. The predicted molar refractivity (Wildman–Crippen MR) is 146 cm³/mol. The van der Waals surface area contributed by atoms with Crippen LogP contribution in [0.3, 0.4) is 0 Å². The number of amides is 1. The number of fused-ring (bicyclic) bond motifs is 3. The van der Waals surface area contributed by atoms with E-state index in [-0.39, 0.29) is 5.91 Å². The minimum atomic E-state index is 0.0827. The smallest absolute Gasteiger partial charge is 0.220 e. The number of nitrogens with zero attached hydrogens (tertiary/aromatic N) is 4. The highest BCUT2D eigenvalue weighted by Crippen LogP contribution is 2.28. The molecule has 5 aromatic rings. The molecule has 0 fully saturated rings. The number of para-hydroxylation sites is 1. The van der Waals surface area contributed by atoms with Gasteiger partial charge in [0, 0.05) is 30.6 Å². The molecular formula is C29H29N5OS. The monoisotopic (exact) mass is 495 g/mol. The van der Waals surface area contributed by atoms with Gasteiger partial charge in [-0.15, -0.1) is 10.2 Å². The molecule has 2 aromatic heterocycles. The molecule has 36 heavy (non-hydrogen) atoms. The van der Waals surface area contributed by atoms with Gasteiger partial charge in [0.2, 0.25) is 11.1 Å². The summed E-state index contributed by atoms with van der Waals surface area (Å²) >= 11 is 1.55. The summed E-state index contributed by atoms with van der Waals surface area (Å²) in [6, 6.07) is 27.0. The van der Waals surface area contributed by atoms with Crippen LogP contribution in [0.4, 0.5) is 0 Å². The third-order valence-electron chi connectivity index (χ3n) is 6.14. The van der Waals surface area contributed by atoms with Crippen molar-refractivity contribution in [3.8, 4) is 0 Å². The van der Waals surface area contributed by atoms with Gasteiger partial charge < -0.3 is 9.88 Å². The molecule has 0 saturated carbocycles. The second-order valence-electron chi connectivity index (χ2n) is 8.90. The Labute approximate surface area is 215 Å². The lowest BCUT2D eigenvalue weighted by Gasteiger charge is -2.08. The van der Waals surface area contributed by atoms with E-state index in [1.165, 1.54) is 16.7 Å². The maximum Gasteiger partial charge on any atom is 0.220 e. The number of carbonyl (C=O) groups excluding carboxylic acids is 1. The van der Waals surface area contributed by atoms with Gasteiger partial charge in [0.05, 0.1) is 5.52 Å². The Balaban J connectivity index is 1.22. The summed E-state index contributed by atoms with van der Waals surface area (Å²) in [6.45, 7) is 3.49. The molecule has 0 aliphatic rings. The van der Waals surface area contributed by atoms with E-state index in [0.29, 0.717) is 18.1 Å². The zero-order valence-electron chi connectivity index (χ0n) is 20.4. The predicted octanol–water partition coefficient (Wildman–Crippen LogP) is 5.57. The zero-order valence-corrected chi connectivity index (χ0v) is 21.2. The third kappa shape index (κ3) is 5.74. The van der Waals surface area contributed by atoms with Gasteiger partial charge in [-0.2, -0.15) is 0 Å². The van der Waals surface area contributed by atoms with Crippen LogP contribution in [0.2, 0.25) is 0 Å². The number of aryl methyl sites for hydroxylation is 1. The Kier molecular flexibility index (Phi) is 7.57. The molecule has 0 unspecified atom stereocenters. The van der Waals surface area contributed by atoms with Crippen molar-refractivity contribution in [2.24, 2.45) is 0 Å². The molecule has 1 N–H and O–H groups in total. The maximum absolute atomic E-state index is 12.2. The summed E-state index contributed by atoms with van der Waals surface area (Å²) in [4.78, 5) is 17.1. The minimum absolute atomic E-state index is 0.0827. The summed E-state index contributed by atoms with van der Waals surface area (Å²) in [7, 11) is 0. The highest BCUT2D eigenvalue weighted by Gasteiger charge is 2.15. The van der Waals surface area contributed by atoms with Crippen molar-refractivity contribution in [2.45, 2.75) is 37.9 Å². The summed E-state index contributed by atoms with van der Waals surface area (Å²) in [5.74, 6) is 0.844. The molecule has 3 aromatic carbocycles. The first-order valence-electron chi connectivity index (χ1n) is 12.3. The molecule has 0 bridgehead atoms. The van der Waals surface area contributed by atoms with Crippen LogP contribution >= 0.6 is 11.8 Å². The maximum atomic E-state index is 12.2. The van der Waals surface area contributed by atoms with Crippen molar-refractivity contribution in [3.63, 3.8) is 0 Å². The van der Waals surface area contributed by atoms with Crippen molar-refractivity contribution in [1.82, 2.24) is 25.1 Å². The van der Waals surface area contributed by atoms with Crippen LogP contribution in [-0.2, 0) is 17.8 Å². The lowest BCUT2D eigenvalue weighted by Crippen LogP contribution is -2.25. The van der Waals surface area contributed by atoms with Crippen LogP contribution < -0.4 is 5.32 Å². The van der Waals surface area contributed by atoms with E-state index < -0.39 is 0 Å². The summed E-state index contributed by atoms with van der Waals surface area (Å²) < 4.78 is 2.22. The molecule has 1 amide bonds. The molecule has 0 spiro atoms. The van der Waals surface area contributed by atoms with Gasteiger partial charge in [-0.3, -0.25) is 4.79 Å². The first kappa shape index (κ1) is 24.0. The summed E-state index contributed by atoms with van der Waals surface area (Å²) in [5.41, 5.74) is 6.46. The van der Waals surface area contributed by atoms with Crippen molar-refractivity contribution in [2.75, 3.05) is 12.3 Å². The molecule has 2 heterocycles. The average molecular weight is 496 g/mol. The van der Waals surface area contributed by atoms with Crippen LogP contribution in [0.15, 0.2) is 84.0 Å². The fraction of sp³-hybridized carbons (Fsp3) is 0.241. The van der Waals surface area contributed by atoms with Crippen molar-refractivity contribution in [1.29, 1.82) is 0 Å². The van der Waals surface area contributed by atoms with Gasteiger partial charge in [0.25, 0.3) is 0 Å². The van der Waals surface area contributed by atoms with E-state index in [1.54, 1.807) is 11.8 Å². The molecule has 0 atom stereocenters. The van der Waals surface area contributed by atoms with Gasteiger partial charge in [-0.05, 0) is 37.0 Å². The number of benzene rings is 3. The van der Waals surface area contributed by atoms with E-state index in [0.717, 1.165) is 47.2 Å². The molecule has 7 heteroatoms. The first-order valence-corrected chi connectivity index (χ1v) is 13.3. The number of carbonyl (C=O) groups is 1. The summed E-state index contributed by atoms with van der Waals surface area (Å²) in [6.07, 6.45) is 2.10. The van der Waals surface area contributed by atoms with Crippen LogP contribution in [0, 0.1) is 6.92 Å². The number of hydrogen-bond donors (Lipinski definition) is 1. The highest BCUT2D eigenvalue weighted by molar-refractivity contribution is 7.99. The number of thioether (sulfide) groups is 1. The minimum Gasteiger partial charge on any atom is -0.356 e. The molecule has 0 radical (unpaired) electrons. The number of aromatic nitrogens is 4. The third-order valence-corrected chi connectivity index (χ3v) is 7.06. The molecule has 0 aliphatic carbocycles. The van der Waals surface area contributed by atoms with Gasteiger partial charge in [0.1, 0.15) is 5.52 Å². The SMILES string of the molecule is Cc1cccc(Cn2c3ccccc3c3nnc(SCCCC(=O)NCCc4ccccc4)nc32)c1. The largest absolute Gasteiger partial charge is 0.356 e. The van der Waals surface area contributed by atoms with Crippen LogP contribution in [0.25, 0.3) is 22.1 Å². The van der Waals surface area contributed by atoms with Crippen LogP contribution in [-0.4, -0.2) is 38.0 Å². The Morgan fingerprint density at radius 3 is 2.61 bits per heavy atom. The van der Waals surface area contributed by atoms with E-state index in [2.05, 4.69) is 75.5 Å². The molecule has 0 saturated heterocycles. The Morgan fingerprint density at radius 1 is 0.944 bits per heavy atom. The fourth-order valence-corrected chi connectivity index (χ4v) is 5.10. The normalized spacial score (nSPS) is 11.2. The zero-order chi connectivity index (χ0) is 24.7. The van der Waals surface area contributed by atoms with Gasteiger partial charge >= 0.3 is 0 Å². The number of rotatable bonds is 10. The second kappa shape index (κ2) is 11.4. The fourth-order valence-electron chi connectivity index (χ4n) is 4.38. The quantitative estimate of drug-likeness (QED) is 0.203. The summed E-state index contributed by atoms with van der Waals surface area (Å²) in [5, 5.41) is 13.6. The van der Waals surface area contributed by atoms with Gasteiger partial charge in [0.15, 0.2) is 5.65 Å². The van der Waals surface area contributed by atoms with E-state index in [4.69, 9.17) is 4.98 Å². The topological polar surface area (TPSA) is 72.7 Å². The Bertz CT molecular complexity index is 1480. The second-order valence-corrected chi connectivity index (χ2v) is 9.96. The van der Waals surface area contributed by atoms with Crippen molar-refractivity contribution in [3.05, 3.63) is 95.6 Å². The Hall–Kier alpha value is -3.71. The molecule has 0 aliphatic heterocycles. The van der Waals surface area contributed by atoms with E-state index in [1.807, 2.05) is 30.3 Å². The molecule has 6 nitrogen and oxygen atoms in total. The molecule has 5 rings (SSSR count). The average Bonchev–Trinajstić information content (AvgIpc) is 3.20. The van der Waals surface area contributed by atoms with Gasteiger partial charge in [-0.25, -0.2) is 4.98 Å². The standard InChI is InChI=1S/C29H29N5OS/c1-21-9-7-12-23(19-21)20-34-25-14-6-5-13-24(25)27-28(34)31-29(33-32-27)36-18-8-15-26(35)30-17-16-22-10-3-2-4-11-22/h2-7,9-14,19H,8,15-18,20H2,1H3,(H,30,35). The number of hydrogen-bond acceptors (Lipinski definition) is 5. The van der Waals surface area contributed by atoms with E-state index in [9.17, 15) is 4.79 Å². The van der Waals surface area contributed by atoms with Crippen LogP contribution in [0.5, 0.6) is 0 Å².